The number of carboxylic acid groups (broad SMARTS) is 1. The van der Waals surface area contributed by atoms with Crippen molar-refractivity contribution in [3.63, 3.8) is 0 Å². The number of carbonyl (C=O) groups is 2. The largest absolute Gasteiger partial charge is 0.480 e. The number of carbonyl (C=O) groups excluding carboxylic acids is 1. The van der Waals surface area contributed by atoms with Gasteiger partial charge in [0.25, 0.3) is 5.91 Å². The quantitative estimate of drug-likeness (QED) is 0.845. The zero-order chi connectivity index (χ0) is 11.8. The second kappa shape index (κ2) is 3.90. The Morgan fingerprint density at radius 1 is 1.44 bits per heavy atom. The van der Waals surface area contributed by atoms with Crippen molar-refractivity contribution >= 4 is 23.2 Å². The fraction of sp³-hybridized carbons (Fsp3) is 0.455. The van der Waals surface area contributed by atoms with Crippen LogP contribution in [0.3, 0.4) is 0 Å². The zero-order valence-corrected chi connectivity index (χ0v) is 9.76. The maximum Gasteiger partial charge on any atom is 0.329 e. The van der Waals surface area contributed by atoms with Gasteiger partial charge < -0.3 is 10.4 Å². The molecule has 5 heteroatoms. The summed E-state index contributed by atoms with van der Waals surface area (Å²) < 4.78 is 0. The molecule has 2 rings (SSSR count). The number of hydrogen-bond acceptors (Lipinski definition) is 3. The second-order valence-corrected chi connectivity index (χ2v) is 5.39. The summed E-state index contributed by atoms with van der Waals surface area (Å²) in [5.41, 5.74) is -1.02. The molecule has 1 aromatic rings. The van der Waals surface area contributed by atoms with Crippen LogP contribution in [0.5, 0.6) is 0 Å². The predicted octanol–water partition coefficient (Wildman–Crippen LogP) is 1.79. The molecule has 16 heavy (non-hydrogen) atoms. The van der Waals surface area contributed by atoms with Crippen molar-refractivity contribution in [3.8, 4) is 0 Å². The van der Waals surface area contributed by atoms with Gasteiger partial charge in [-0.2, -0.15) is 0 Å². The minimum Gasteiger partial charge on any atom is -0.480 e. The van der Waals surface area contributed by atoms with Crippen LogP contribution in [-0.4, -0.2) is 22.5 Å². The van der Waals surface area contributed by atoms with Gasteiger partial charge in [-0.1, -0.05) is 0 Å². The number of hydrogen-bond donors (Lipinski definition) is 2. The van der Waals surface area contributed by atoms with Gasteiger partial charge in [0.15, 0.2) is 0 Å². The predicted molar refractivity (Wildman–Crippen MR) is 60.7 cm³/mol. The van der Waals surface area contributed by atoms with Crippen LogP contribution in [0.1, 0.15) is 33.8 Å². The Morgan fingerprint density at radius 3 is 2.50 bits per heavy atom. The minimum atomic E-state index is -1.02. The molecule has 0 bridgehead atoms. The minimum absolute atomic E-state index is 0.278. The lowest BCUT2D eigenvalue weighted by atomic mass is 9.77. The summed E-state index contributed by atoms with van der Waals surface area (Å²) in [7, 11) is 0. The Bertz CT molecular complexity index is 434. The molecule has 1 amide bonds. The van der Waals surface area contributed by atoms with Gasteiger partial charge in [0.05, 0.1) is 4.88 Å². The molecule has 1 aromatic heterocycles. The van der Waals surface area contributed by atoms with Crippen molar-refractivity contribution in [2.75, 3.05) is 0 Å². The van der Waals surface area contributed by atoms with Crippen LogP contribution in [0, 0.1) is 6.92 Å². The molecule has 0 unspecified atom stereocenters. The number of nitrogens with one attached hydrogen (secondary N) is 1. The standard InChI is InChI=1S/C11H13NO3S/c1-7-3-4-8(16-7)9(13)12-11(10(14)15)5-2-6-11/h3-4H,2,5-6H2,1H3,(H,12,13)(H,14,15). The van der Waals surface area contributed by atoms with E-state index in [4.69, 9.17) is 5.11 Å². The molecule has 1 aliphatic carbocycles. The Labute approximate surface area is 97.3 Å². The first-order valence-corrected chi connectivity index (χ1v) is 5.97. The fourth-order valence-electron chi connectivity index (χ4n) is 1.76. The Hall–Kier alpha value is -1.36. The molecule has 0 spiro atoms. The van der Waals surface area contributed by atoms with Crippen LogP contribution in [0.25, 0.3) is 0 Å². The van der Waals surface area contributed by atoms with Gasteiger partial charge in [-0.05, 0) is 38.3 Å². The topological polar surface area (TPSA) is 66.4 Å². The lowest BCUT2D eigenvalue weighted by Gasteiger charge is -2.38. The molecule has 1 aliphatic rings. The number of rotatable bonds is 3. The van der Waals surface area contributed by atoms with E-state index in [0.717, 1.165) is 11.3 Å². The maximum absolute atomic E-state index is 11.8. The number of carboxylic acids is 1. The van der Waals surface area contributed by atoms with E-state index in [1.54, 1.807) is 6.07 Å². The molecule has 0 saturated heterocycles. The summed E-state index contributed by atoms with van der Waals surface area (Å²) in [4.78, 5) is 24.5. The third-order valence-electron chi connectivity index (χ3n) is 2.93. The van der Waals surface area contributed by atoms with Gasteiger partial charge in [0, 0.05) is 4.88 Å². The van der Waals surface area contributed by atoms with Crippen molar-refractivity contribution in [1.82, 2.24) is 5.32 Å². The van der Waals surface area contributed by atoms with E-state index in [0.29, 0.717) is 17.7 Å². The highest BCUT2D eigenvalue weighted by Crippen LogP contribution is 2.32. The van der Waals surface area contributed by atoms with Crippen molar-refractivity contribution in [2.45, 2.75) is 31.7 Å². The first-order valence-electron chi connectivity index (χ1n) is 5.16. The van der Waals surface area contributed by atoms with Crippen LogP contribution < -0.4 is 5.32 Å². The van der Waals surface area contributed by atoms with E-state index in [-0.39, 0.29) is 5.91 Å². The van der Waals surface area contributed by atoms with E-state index in [2.05, 4.69) is 5.32 Å². The molecule has 86 valence electrons. The van der Waals surface area contributed by atoms with E-state index in [1.165, 1.54) is 11.3 Å². The lowest BCUT2D eigenvalue weighted by Crippen LogP contribution is -2.59. The number of thiophene rings is 1. The fourth-order valence-corrected chi connectivity index (χ4v) is 2.52. The maximum atomic E-state index is 11.8. The van der Waals surface area contributed by atoms with Crippen LogP contribution in [0.4, 0.5) is 0 Å². The Balaban J connectivity index is 2.10. The number of aryl methyl sites for hydroxylation is 1. The summed E-state index contributed by atoms with van der Waals surface area (Å²) >= 11 is 1.38. The molecule has 4 nitrogen and oxygen atoms in total. The van der Waals surface area contributed by atoms with Crippen molar-refractivity contribution < 1.29 is 14.7 Å². The van der Waals surface area contributed by atoms with Crippen LogP contribution >= 0.6 is 11.3 Å². The monoisotopic (exact) mass is 239 g/mol. The third kappa shape index (κ3) is 1.82. The smallest absolute Gasteiger partial charge is 0.329 e. The van der Waals surface area contributed by atoms with E-state index in [1.807, 2.05) is 13.0 Å². The molecule has 0 aliphatic heterocycles. The van der Waals surface area contributed by atoms with E-state index >= 15 is 0 Å². The van der Waals surface area contributed by atoms with Gasteiger partial charge >= 0.3 is 5.97 Å². The van der Waals surface area contributed by atoms with E-state index < -0.39 is 11.5 Å². The molecular weight excluding hydrogens is 226 g/mol. The van der Waals surface area contributed by atoms with Gasteiger partial charge in [0.2, 0.25) is 0 Å². The van der Waals surface area contributed by atoms with Gasteiger partial charge in [-0.15, -0.1) is 11.3 Å². The highest BCUT2D eigenvalue weighted by molar-refractivity contribution is 7.13. The Morgan fingerprint density at radius 2 is 2.12 bits per heavy atom. The first-order chi connectivity index (χ1) is 7.53. The molecule has 0 atom stereocenters. The van der Waals surface area contributed by atoms with Crippen molar-refractivity contribution in [3.05, 3.63) is 21.9 Å². The first kappa shape index (κ1) is 11.1. The SMILES string of the molecule is Cc1ccc(C(=O)NC2(C(=O)O)CCC2)s1. The third-order valence-corrected chi connectivity index (χ3v) is 3.93. The zero-order valence-electron chi connectivity index (χ0n) is 8.95. The highest BCUT2D eigenvalue weighted by atomic mass is 32.1. The van der Waals surface area contributed by atoms with Crippen molar-refractivity contribution in [2.24, 2.45) is 0 Å². The van der Waals surface area contributed by atoms with E-state index in [9.17, 15) is 9.59 Å². The molecule has 2 N–H and O–H groups in total. The summed E-state index contributed by atoms with van der Waals surface area (Å²) in [5, 5.41) is 11.7. The summed E-state index contributed by atoms with van der Waals surface area (Å²) in [6, 6.07) is 3.58. The van der Waals surface area contributed by atoms with Gasteiger partial charge in [-0.3, -0.25) is 4.79 Å². The normalized spacial score (nSPS) is 17.6. The second-order valence-electron chi connectivity index (χ2n) is 4.11. The molecular formula is C11H13NO3S. The molecule has 0 aromatic carbocycles. The Kier molecular flexibility index (Phi) is 2.71. The van der Waals surface area contributed by atoms with Gasteiger partial charge in [-0.25, -0.2) is 4.79 Å². The van der Waals surface area contributed by atoms with Gasteiger partial charge in [0.1, 0.15) is 5.54 Å². The van der Waals surface area contributed by atoms with Crippen LogP contribution in [-0.2, 0) is 4.79 Å². The highest BCUT2D eigenvalue weighted by Gasteiger charge is 2.45. The van der Waals surface area contributed by atoms with Crippen molar-refractivity contribution in [1.29, 1.82) is 0 Å². The summed E-state index contributed by atoms with van der Waals surface area (Å²) in [6.45, 7) is 1.91. The number of amides is 1. The molecule has 1 heterocycles. The lowest BCUT2D eigenvalue weighted by molar-refractivity contribution is -0.148. The van der Waals surface area contributed by atoms with Crippen LogP contribution in [0.15, 0.2) is 12.1 Å². The summed E-state index contributed by atoms with van der Waals surface area (Å²) in [5.74, 6) is -1.21. The molecule has 1 saturated carbocycles. The average Bonchev–Trinajstić information content (AvgIpc) is 2.57. The molecule has 1 fully saturated rings. The summed E-state index contributed by atoms with van der Waals surface area (Å²) in [6.07, 6.45) is 1.91. The molecule has 0 radical (unpaired) electrons. The average molecular weight is 239 g/mol. The van der Waals surface area contributed by atoms with Crippen LogP contribution in [0.2, 0.25) is 0 Å². The number of aliphatic carboxylic acids is 1.